The first-order valence-corrected chi connectivity index (χ1v) is 8.60. The Morgan fingerprint density at radius 1 is 1.16 bits per heavy atom. The van der Waals surface area contributed by atoms with Gasteiger partial charge in [-0.25, -0.2) is 0 Å². The minimum atomic E-state index is -0.158. The van der Waals surface area contributed by atoms with Gasteiger partial charge in [0.25, 0.3) is 11.5 Å². The number of fused-ring (bicyclic) bond motifs is 1. The van der Waals surface area contributed by atoms with E-state index in [1.54, 1.807) is 25.3 Å². The summed E-state index contributed by atoms with van der Waals surface area (Å²) in [5, 5.41) is 3.76. The molecule has 0 aliphatic rings. The normalized spacial score (nSPS) is 10.6. The lowest BCUT2D eigenvalue weighted by Gasteiger charge is -2.07. The highest BCUT2D eigenvalue weighted by molar-refractivity contribution is 9.10. The van der Waals surface area contributed by atoms with Crippen LogP contribution in [0.1, 0.15) is 15.9 Å². The molecule has 3 rings (SSSR count). The van der Waals surface area contributed by atoms with Crippen molar-refractivity contribution in [3.05, 3.63) is 74.5 Å². The number of hydrogen-bond donors (Lipinski definition) is 2. The molecule has 1 aromatic heterocycles. The van der Waals surface area contributed by atoms with Gasteiger partial charge in [-0.05, 0) is 54.3 Å². The topological polar surface area (TPSA) is 71.2 Å². The third kappa shape index (κ3) is 4.09. The number of aromatic nitrogens is 1. The molecule has 25 heavy (non-hydrogen) atoms. The third-order valence-corrected chi connectivity index (χ3v) is 4.45. The van der Waals surface area contributed by atoms with Gasteiger partial charge >= 0.3 is 0 Å². The Balaban J connectivity index is 1.68. The lowest BCUT2D eigenvalue weighted by atomic mass is 10.1. The van der Waals surface area contributed by atoms with Crippen molar-refractivity contribution in [1.29, 1.82) is 0 Å². The first-order valence-electron chi connectivity index (χ1n) is 7.80. The van der Waals surface area contributed by atoms with Gasteiger partial charge in [-0.15, -0.1) is 0 Å². The number of methoxy groups -OCH3 is 1. The molecule has 0 radical (unpaired) electrons. The van der Waals surface area contributed by atoms with Gasteiger partial charge in [0, 0.05) is 28.2 Å². The molecule has 0 unspecified atom stereocenters. The fourth-order valence-corrected chi connectivity index (χ4v) is 2.82. The van der Waals surface area contributed by atoms with Crippen molar-refractivity contribution < 1.29 is 9.53 Å². The predicted octanol–water partition coefficient (Wildman–Crippen LogP) is 3.27. The van der Waals surface area contributed by atoms with E-state index in [4.69, 9.17) is 4.74 Å². The number of nitrogens with one attached hydrogen (secondary N) is 2. The number of hydrogen-bond acceptors (Lipinski definition) is 3. The smallest absolute Gasteiger partial charge is 0.251 e. The molecule has 6 heteroatoms. The molecule has 0 atom stereocenters. The van der Waals surface area contributed by atoms with Crippen LogP contribution in [0.25, 0.3) is 10.9 Å². The Kier molecular flexibility index (Phi) is 5.19. The number of aromatic amines is 1. The second kappa shape index (κ2) is 7.53. The summed E-state index contributed by atoms with van der Waals surface area (Å²) in [6, 6.07) is 14.5. The first kappa shape index (κ1) is 17.2. The van der Waals surface area contributed by atoms with Crippen molar-refractivity contribution >= 4 is 32.7 Å². The van der Waals surface area contributed by atoms with E-state index in [0.29, 0.717) is 29.8 Å². The van der Waals surface area contributed by atoms with Gasteiger partial charge < -0.3 is 15.0 Å². The van der Waals surface area contributed by atoms with Crippen LogP contribution in [0.2, 0.25) is 0 Å². The van der Waals surface area contributed by atoms with E-state index in [2.05, 4.69) is 26.2 Å². The maximum Gasteiger partial charge on any atom is 0.251 e. The maximum absolute atomic E-state index is 12.2. The van der Waals surface area contributed by atoms with Gasteiger partial charge in [0.15, 0.2) is 0 Å². The number of pyridine rings is 1. The van der Waals surface area contributed by atoms with Crippen molar-refractivity contribution in [3.8, 4) is 5.75 Å². The average molecular weight is 401 g/mol. The second-order valence-electron chi connectivity index (χ2n) is 5.59. The standard InChI is InChI=1S/C19H17BrN2O3/c1-25-16-7-4-13-10-14(19(24)22-17(13)11-16)8-9-21-18(23)12-2-5-15(20)6-3-12/h2-7,10-11H,8-9H2,1H3,(H,21,23)(H,22,24). The van der Waals surface area contributed by atoms with Crippen LogP contribution in [0.4, 0.5) is 0 Å². The van der Waals surface area contributed by atoms with Gasteiger partial charge in [-0.1, -0.05) is 15.9 Å². The molecule has 1 amide bonds. The number of ether oxygens (including phenoxy) is 1. The molecule has 1 heterocycles. The van der Waals surface area contributed by atoms with E-state index in [0.717, 1.165) is 15.4 Å². The van der Waals surface area contributed by atoms with E-state index in [-0.39, 0.29) is 11.5 Å². The van der Waals surface area contributed by atoms with Crippen molar-refractivity contribution in [3.63, 3.8) is 0 Å². The Hall–Kier alpha value is -2.60. The van der Waals surface area contributed by atoms with E-state index in [1.807, 2.05) is 30.3 Å². The molecule has 0 fully saturated rings. The molecule has 0 aliphatic carbocycles. The monoisotopic (exact) mass is 400 g/mol. The molecule has 2 N–H and O–H groups in total. The first-order chi connectivity index (χ1) is 12.1. The summed E-state index contributed by atoms with van der Waals surface area (Å²) in [6.45, 7) is 0.389. The lowest BCUT2D eigenvalue weighted by molar-refractivity contribution is 0.0954. The predicted molar refractivity (Wildman–Crippen MR) is 101 cm³/mol. The molecule has 0 saturated carbocycles. The zero-order chi connectivity index (χ0) is 17.8. The highest BCUT2D eigenvalue weighted by Gasteiger charge is 2.07. The number of rotatable bonds is 5. The Bertz CT molecular complexity index is 965. The molecule has 3 aromatic rings. The molecule has 0 spiro atoms. The van der Waals surface area contributed by atoms with Gasteiger partial charge in [0.05, 0.1) is 12.6 Å². The third-order valence-electron chi connectivity index (χ3n) is 3.92. The fraction of sp³-hybridized carbons (Fsp3) is 0.158. The largest absolute Gasteiger partial charge is 0.497 e. The van der Waals surface area contributed by atoms with E-state index >= 15 is 0 Å². The minimum absolute atomic E-state index is 0.154. The SMILES string of the molecule is COc1ccc2cc(CCNC(=O)c3ccc(Br)cc3)c(=O)[nH]c2c1. The summed E-state index contributed by atoms with van der Waals surface area (Å²) in [7, 11) is 1.59. The van der Waals surface area contributed by atoms with E-state index in [1.165, 1.54) is 0 Å². The summed E-state index contributed by atoms with van der Waals surface area (Å²) in [5.74, 6) is 0.534. The Morgan fingerprint density at radius 3 is 2.64 bits per heavy atom. The molecule has 0 bridgehead atoms. The number of amides is 1. The highest BCUT2D eigenvalue weighted by Crippen LogP contribution is 2.18. The molecular weight excluding hydrogens is 384 g/mol. The molecule has 5 nitrogen and oxygen atoms in total. The average Bonchev–Trinajstić information content (AvgIpc) is 2.62. The summed E-state index contributed by atoms with van der Waals surface area (Å²) < 4.78 is 6.08. The van der Waals surface area contributed by atoms with Gasteiger partial charge in [-0.3, -0.25) is 9.59 Å². The van der Waals surface area contributed by atoms with Crippen LogP contribution in [0.15, 0.2) is 57.8 Å². The van der Waals surface area contributed by atoms with Crippen molar-refractivity contribution in [1.82, 2.24) is 10.3 Å². The van der Waals surface area contributed by atoms with Crippen molar-refractivity contribution in [2.24, 2.45) is 0 Å². The van der Waals surface area contributed by atoms with Crippen LogP contribution in [-0.2, 0) is 6.42 Å². The van der Waals surface area contributed by atoms with Gasteiger partial charge in [-0.2, -0.15) is 0 Å². The van der Waals surface area contributed by atoms with Crippen molar-refractivity contribution in [2.45, 2.75) is 6.42 Å². The molecule has 2 aromatic carbocycles. The maximum atomic E-state index is 12.2. The number of carbonyl (C=O) groups is 1. The van der Waals surface area contributed by atoms with Crippen LogP contribution >= 0.6 is 15.9 Å². The molecule has 0 saturated heterocycles. The van der Waals surface area contributed by atoms with Crippen molar-refractivity contribution in [2.75, 3.05) is 13.7 Å². The zero-order valence-electron chi connectivity index (χ0n) is 13.6. The Morgan fingerprint density at radius 2 is 1.92 bits per heavy atom. The van der Waals surface area contributed by atoms with Gasteiger partial charge in [0.1, 0.15) is 5.75 Å². The summed E-state index contributed by atoms with van der Waals surface area (Å²) in [5.41, 5.74) is 1.79. The number of halogens is 1. The van der Waals surface area contributed by atoms with Crippen LogP contribution in [0.3, 0.4) is 0 Å². The number of H-pyrrole nitrogens is 1. The zero-order valence-corrected chi connectivity index (χ0v) is 15.2. The van der Waals surface area contributed by atoms with Crippen LogP contribution < -0.4 is 15.6 Å². The second-order valence-corrected chi connectivity index (χ2v) is 6.51. The summed E-state index contributed by atoms with van der Waals surface area (Å²) in [4.78, 5) is 27.1. The van der Waals surface area contributed by atoms with E-state index in [9.17, 15) is 9.59 Å². The molecular formula is C19H17BrN2O3. The molecule has 0 aliphatic heterocycles. The molecule has 128 valence electrons. The van der Waals surface area contributed by atoms with Crippen LogP contribution in [-0.4, -0.2) is 24.5 Å². The van der Waals surface area contributed by atoms with Crippen LogP contribution in [0.5, 0.6) is 5.75 Å². The minimum Gasteiger partial charge on any atom is -0.497 e. The fourth-order valence-electron chi connectivity index (χ4n) is 2.55. The summed E-state index contributed by atoms with van der Waals surface area (Å²) in [6.07, 6.45) is 0.458. The number of carbonyl (C=O) groups excluding carboxylic acids is 1. The Labute approximate surface area is 153 Å². The van der Waals surface area contributed by atoms with Crippen LogP contribution in [0, 0.1) is 0 Å². The highest BCUT2D eigenvalue weighted by atomic mass is 79.9. The summed E-state index contributed by atoms with van der Waals surface area (Å²) >= 11 is 3.34. The van der Waals surface area contributed by atoms with Gasteiger partial charge in [0.2, 0.25) is 0 Å². The number of benzene rings is 2. The lowest BCUT2D eigenvalue weighted by Crippen LogP contribution is -2.27. The van der Waals surface area contributed by atoms with E-state index < -0.39 is 0 Å². The quantitative estimate of drug-likeness (QED) is 0.690.